The lowest BCUT2D eigenvalue weighted by Gasteiger charge is -2.06. The van der Waals surface area contributed by atoms with Crippen molar-refractivity contribution in [2.45, 2.75) is 11.3 Å². The Morgan fingerprint density at radius 1 is 1.38 bits per heavy atom. The molecule has 88 valence electrons. The lowest BCUT2D eigenvalue weighted by molar-refractivity contribution is 0.296. The van der Waals surface area contributed by atoms with Crippen LogP contribution in [-0.4, -0.2) is 23.3 Å². The number of aliphatic hydroxyl groups is 1. The molecule has 0 heterocycles. The van der Waals surface area contributed by atoms with Crippen LogP contribution in [0.2, 0.25) is 0 Å². The van der Waals surface area contributed by atoms with Crippen LogP contribution >= 0.6 is 11.8 Å². The summed E-state index contributed by atoms with van der Waals surface area (Å²) in [6.45, 7) is -0.0121. The van der Waals surface area contributed by atoms with E-state index in [1.807, 2.05) is 0 Å². The van der Waals surface area contributed by atoms with Crippen molar-refractivity contribution in [2.75, 3.05) is 12.4 Å². The third kappa shape index (κ3) is 3.18. The normalized spacial score (nSPS) is 10.4. The van der Waals surface area contributed by atoms with E-state index in [-0.39, 0.29) is 22.9 Å². The van der Waals surface area contributed by atoms with Crippen molar-refractivity contribution in [3.63, 3.8) is 0 Å². The molecule has 6 heteroatoms. The Hall–Kier alpha value is -1.14. The number of nitrogens with one attached hydrogen (secondary N) is 1. The predicted octanol–water partition coefficient (Wildman–Crippen LogP) is 1.72. The monoisotopic (exact) mass is 246 g/mol. The zero-order valence-corrected chi connectivity index (χ0v) is 9.28. The summed E-state index contributed by atoms with van der Waals surface area (Å²) in [5, 5.41) is 15.6. The van der Waals surface area contributed by atoms with Crippen LogP contribution in [0.3, 0.4) is 0 Å². The topological polar surface area (TPSA) is 70.1 Å². The Morgan fingerprint density at radius 3 is 2.38 bits per heavy atom. The summed E-state index contributed by atoms with van der Waals surface area (Å²) >= 11 is 0.997. The number of aliphatic hydroxyl groups excluding tert-OH is 1. The van der Waals surface area contributed by atoms with E-state index in [2.05, 4.69) is 0 Å². The van der Waals surface area contributed by atoms with Gasteiger partial charge in [-0.25, -0.2) is 8.78 Å². The van der Waals surface area contributed by atoms with Gasteiger partial charge in [0.25, 0.3) is 0 Å². The van der Waals surface area contributed by atoms with Gasteiger partial charge in [-0.1, -0.05) is 0 Å². The number of hydrogen-bond acceptors (Lipinski definition) is 3. The van der Waals surface area contributed by atoms with Crippen LogP contribution in [0.5, 0.6) is 0 Å². The molecule has 1 rings (SSSR count). The van der Waals surface area contributed by atoms with E-state index >= 15 is 0 Å². The molecule has 1 aromatic rings. The van der Waals surface area contributed by atoms with Crippen molar-refractivity contribution in [3.8, 4) is 0 Å². The van der Waals surface area contributed by atoms with Crippen LogP contribution in [0.25, 0.3) is 0 Å². The molecular formula is C10H12F2N2OS. The minimum absolute atomic E-state index is 0.0121. The fraction of sp³-hybridized carbons (Fsp3) is 0.300. The summed E-state index contributed by atoms with van der Waals surface area (Å²) in [6, 6.07) is 2.07. The Labute approximate surface area is 96.2 Å². The number of rotatable bonds is 5. The van der Waals surface area contributed by atoms with Crippen molar-refractivity contribution in [1.29, 1.82) is 5.41 Å². The number of nitrogens with two attached hydrogens (primary N) is 1. The summed E-state index contributed by atoms with van der Waals surface area (Å²) in [5.74, 6) is -1.39. The van der Waals surface area contributed by atoms with Crippen LogP contribution in [0, 0.1) is 17.0 Å². The number of nitrogen functional groups attached to an aromatic ring is 1. The van der Waals surface area contributed by atoms with Crippen LogP contribution in [0.1, 0.15) is 12.0 Å². The summed E-state index contributed by atoms with van der Waals surface area (Å²) in [6.07, 6.45) is 0.470. The number of benzene rings is 1. The van der Waals surface area contributed by atoms with E-state index < -0.39 is 11.6 Å². The van der Waals surface area contributed by atoms with Crippen LogP contribution < -0.4 is 5.73 Å². The maximum atomic E-state index is 13.4. The van der Waals surface area contributed by atoms with E-state index in [1.54, 1.807) is 0 Å². The fourth-order valence-electron chi connectivity index (χ4n) is 1.09. The minimum Gasteiger partial charge on any atom is -0.396 e. The van der Waals surface area contributed by atoms with E-state index in [1.165, 1.54) is 0 Å². The van der Waals surface area contributed by atoms with Gasteiger partial charge in [0, 0.05) is 17.9 Å². The molecule has 0 aliphatic heterocycles. The quantitative estimate of drug-likeness (QED) is 0.321. The maximum Gasteiger partial charge on any atom is 0.140 e. The number of amidine groups is 1. The lowest BCUT2D eigenvalue weighted by Crippen LogP contribution is -2.12. The molecule has 0 atom stereocenters. The second kappa shape index (κ2) is 5.81. The summed E-state index contributed by atoms with van der Waals surface area (Å²) in [5.41, 5.74) is 5.16. The molecule has 0 fully saturated rings. The molecule has 0 saturated carbocycles. The predicted molar refractivity (Wildman–Crippen MR) is 59.8 cm³/mol. The molecule has 16 heavy (non-hydrogen) atoms. The van der Waals surface area contributed by atoms with Gasteiger partial charge in [-0.2, -0.15) is 0 Å². The molecule has 0 unspecified atom stereocenters. The summed E-state index contributed by atoms with van der Waals surface area (Å²) in [4.78, 5) is -0.0987. The average Bonchev–Trinajstić information content (AvgIpc) is 2.21. The lowest BCUT2D eigenvalue weighted by atomic mass is 10.2. The molecule has 0 bridgehead atoms. The van der Waals surface area contributed by atoms with E-state index in [9.17, 15) is 8.78 Å². The molecule has 0 radical (unpaired) electrons. The highest BCUT2D eigenvalue weighted by Crippen LogP contribution is 2.26. The highest BCUT2D eigenvalue weighted by atomic mass is 32.2. The molecule has 0 spiro atoms. The van der Waals surface area contributed by atoms with Gasteiger partial charge in [-0.3, -0.25) is 5.41 Å². The standard InChI is InChI=1S/C10H12F2N2OS/c11-7-4-6(10(13)14)5-8(12)9(7)16-3-1-2-15/h4-5,15H,1-3H2,(H3,13,14). The van der Waals surface area contributed by atoms with Gasteiger partial charge in [0.05, 0.1) is 4.90 Å². The zero-order chi connectivity index (χ0) is 12.1. The highest BCUT2D eigenvalue weighted by Gasteiger charge is 2.12. The first-order chi connectivity index (χ1) is 7.56. The molecule has 4 N–H and O–H groups in total. The second-order valence-electron chi connectivity index (χ2n) is 3.11. The fourth-order valence-corrected chi connectivity index (χ4v) is 1.96. The van der Waals surface area contributed by atoms with Crippen molar-refractivity contribution in [2.24, 2.45) is 5.73 Å². The van der Waals surface area contributed by atoms with E-state index in [0.29, 0.717) is 12.2 Å². The van der Waals surface area contributed by atoms with Gasteiger partial charge in [0.2, 0.25) is 0 Å². The highest BCUT2D eigenvalue weighted by molar-refractivity contribution is 7.99. The van der Waals surface area contributed by atoms with Crippen LogP contribution in [0.4, 0.5) is 8.78 Å². The third-order valence-corrected chi connectivity index (χ3v) is 3.03. The molecular weight excluding hydrogens is 234 g/mol. The first-order valence-electron chi connectivity index (χ1n) is 4.63. The molecule has 0 amide bonds. The number of halogens is 2. The van der Waals surface area contributed by atoms with Gasteiger partial charge in [0.1, 0.15) is 17.5 Å². The number of hydrogen-bond donors (Lipinski definition) is 3. The molecule has 0 aliphatic carbocycles. The summed E-state index contributed by atoms with van der Waals surface area (Å²) < 4.78 is 26.8. The first-order valence-corrected chi connectivity index (χ1v) is 5.62. The van der Waals surface area contributed by atoms with E-state index in [0.717, 1.165) is 23.9 Å². The van der Waals surface area contributed by atoms with Crippen molar-refractivity contribution in [3.05, 3.63) is 29.3 Å². The largest absolute Gasteiger partial charge is 0.396 e. The molecule has 3 nitrogen and oxygen atoms in total. The Balaban J connectivity index is 2.89. The maximum absolute atomic E-state index is 13.4. The summed E-state index contributed by atoms with van der Waals surface area (Å²) in [7, 11) is 0. The molecule has 0 saturated heterocycles. The van der Waals surface area contributed by atoms with Crippen molar-refractivity contribution >= 4 is 17.6 Å². The van der Waals surface area contributed by atoms with Crippen LogP contribution in [-0.2, 0) is 0 Å². The second-order valence-corrected chi connectivity index (χ2v) is 4.21. The van der Waals surface area contributed by atoms with Gasteiger partial charge < -0.3 is 10.8 Å². The smallest absolute Gasteiger partial charge is 0.140 e. The number of thioether (sulfide) groups is 1. The Morgan fingerprint density at radius 2 is 1.94 bits per heavy atom. The third-order valence-electron chi connectivity index (χ3n) is 1.86. The van der Waals surface area contributed by atoms with Gasteiger partial charge in [-0.15, -0.1) is 11.8 Å². The SMILES string of the molecule is N=C(N)c1cc(F)c(SCCCO)c(F)c1. The Bertz CT molecular complexity index is 375. The van der Waals surface area contributed by atoms with Crippen molar-refractivity contribution in [1.82, 2.24) is 0 Å². The molecule has 0 aliphatic rings. The first kappa shape index (κ1) is 12.9. The average molecular weight is 246 g/mol. The van der Waals surface area contributed by atoms with Crippen LogP contribution in [0.15, 0.2) is 17.0 Å². The van der Waals surface area contributed by atoms with Gasteiger partial charge >= 0.3 is 0 Å². The molecule has 0 aromatic heterocycles. The zero-order valence-electron chi connectivity index (χ0n) is 8.46. The minimum atomic E-state index is -0.729. The van der Waals surface area contributed by atoms with Gasteiger partial charge in [0.15, 0.2) is 0 Å². The van der Waals surface area contributed by atoms with Gasteiger partial charge in [-0.05, 0) is 18.6 Å². The van der Waals surface area contributed by atoms with E-state index in [4.69, 9.17) is 16.2 Å². The van der Waals surface area contributed by atoms with Crippen molar-refractivity contribution < 1.29 is 13.9 Å². The molecule has 1 aromatic carbocycles. The Kier molecular flexibility index (Phi) is 4.70.